The summed E-state index contributed by atoms with van der Waals surface area (Å²) >= 11 is 0. The number of aliphatic hydroxyl groups excluding tert-OH is 1. The molecular formula is C11H20O7Y. The van der Waals surface area contributed by atoms with E-state index in [-0.39, 0.29) is 52.5 Å². The zero-order valence-corrected chi connectivity index (χ0v) is 14.5. The smallest absolute Gasteiger partial charge is 0.461 e. The van der Waals surface area contributed by atoms with Crippen LogP contribution >= 0.6 is 0 Å². The first-order valence-electron chi connectivity index (χ1n) is 5.50. The number of carbonyl (C=O) groups is 2. The van der Waals surface area contributed by atoms with E-state index in [0.29, 0.717) is 0 Å². The Kier molecular flexibility index (Phi) is 11.7. The van der Waals surface area contributed by atoms with Crippen molar-refractivity contribution in [2.24, 2.45) is 0 Å². The zero-order chi connectivity index (χ0) is 14.2. The summed E-state index contributed by atoms with van der Waals surface area (Å²) in [6.07, 6.45) is -1.37. The number of rotatable bonds is 7. The van der Waals surface area contributed by atoms with E-state index in [1.54, 1.807) is 6.92 Å². The number of methoxy groups -OCH3 is 1. The van der Waals surface area contributed by atoms with Crippen LogP contribution in [-0.4, -0.2) is 55.9 Å². The fraction of sp³-hybridized carbons (Fsp3) is 0.818. The Morgan fingerprint density at radius 1 is 1.32 bits per heavy atom. The standard InChI is InChI=1S/C11H20O7.Y/c1-8(18-10(14)15-4)7-17-11(2,3)9(13)16-6-5-12;/h8,12H,5-7H2,1-4H3;. The van der Waals surface area contributed by atoms with E-state index < -0.39 is 23.8 Å². The molecule has 1 N–H and O–H groups in total. The van der Waals surface area contributed by atoms with Gasteiger partial charge in [0, 0.05) is 32.7 Å². The van der Waals surface area contributed by atoms with Crippen molar-refractivity contribution in [1.82, 2.24) is 0 Å². The van der Waals surface area contributed by atoms with Crippen molar-refractivity contribution < 1.29 is 66.4 Å². The maximum atomic E-state index is 11.5. The summed E-state index contributed by atoms with van der Waals surface area (Å²) in [5, 5.41) is 8.54. The van der Waals surface area contributed by atoms with Crippen LogP contribution in [0.1, 0.15) is 20.8 Å². The van der Waals surface area contributed by atoms with Crippen LogP contribution < -0.4 is 0 Å². The topological polar surface area (TPSA) is 91.3 Å². The molecule has 0 fully saturated rings. The van der Waals surface area contributed by atoms with Gasteiger partial charge in [0.2, 0.25) is 0 Å². The molecular weight excluding hydrogens is 333 g/mol. The quantitative estimate of drug-likeness (QED) is 0.666. The molecule has 0 heterocycles. The second-order valence-corrected chi connectivity index (χ2v) is 4.06. The molecule has 0 saturated heterocycles. The maximum Gasteiger partial charge on any atom is 0.508 e. The summed E-state index contributed by atoms with van der Waals surface area (Å²) in [7, 11) is 1.20. The summed E-state index contributed by atoms with van der Waals surface area (Å²) < 4.78 is 19.1. The Bertz CT molecular complexity index is 280. The Balaban J connectivity index is 0. The van der Waals surface area contributed by atoms with Crippen molar-refractivity contribution in [2.45, 2.75) is 32.5 Å². The molecule has 0 rings (SSSR count). The van der Waals surface area contributed by atoms with E-state index in [2.05, 4.69) is 4.74 Å². The minimum absolute atomic E-state index is 0. The molecule has 1 radical (unpaired) electrons. The SMILES string of the molecule is COC(=O)OC(C)COC(C)(C)C(=O)OCCO.[Y]. The first-order valence-corrected chi connectivity index (χ1v) is 5.50. The van der Waals surface area contributed by atoms with Crippen molar-refractivity contribution in [2.75, 3.05) is 26.9 Å². The number of aliphatic hydroxyl groups is 1. The Labute approximate surface area is 137 Å². The van der Waals surface area contributed by atoms with Gasteiger partial charge in [0.1, 0.15) is 12.7 Å². The second-order valence-electron chi connectivity index (χ2n) is 4.06. The minimum Gasteiger partial charge on any atom is -0.461 e. The van der Waals surface area contributed by atoms with Crippen LogP contribution in [0.4, 0.5) is 4.79 Å². The van der Waals surface area contributed by atoms with E-state index >= 15 is 0 Å². The van der Waals surface area contributed by atoms with E-state index in [9.17, 15) is 9.59 Å². The summed E-state index contributed by atoms with van der Waals surface area (Å²) in [5.74, 6) is -0.596. The third-order valence-corrected chi connectivity index (χ3v) is 1.96. The number of hydrogen-bond acceptors (Lipinski definition) is 7. The molecule has 19 heavy (non-hydrogen) atoms. The van der Waals surface area contributed by atoms with Gasteiger partial charge in [-0.15, -0.1) is 0 Å². The molecule has 8 heteroatoms. The van der Waals surface area contributed by atoms with Gasteiger partial charge in [0.05, 0.1) is 20.3 Å². The molecule has 0 bridgehead atoms. The summed E-state index contributed by atoms with van der Waals surface area (Å²) in [5.41, 5.74) is -1.18. The first-order chi connectivity index (χ1) is 8.33. The molecule has 0 spiro atoms. The fourth-order valence-electron chi connectivity index (χ4n) is 0.943. The van der Waals surface area contributed by atoms with Crippen LogP contribution in [0, 0.1) is 0 Å². The Morgan fingerprint density at radius 3 is 2.37 bits per heavy atom. The van der Waals surface area contributed by atoms with Gasteiger partial charge in [-0.3, -0.25) is 0 Å². The van der Waals surface area contributed by atoms with Crippen molar-refractivity contribution in [3.63, 3.8) is 0 Å². The molecule has 0 aromatic rings. The van der Waals surface area contributed by atoms with Gasteiger partial charge in [0.25, 0.3) is 0 Å². The molecule has 0 aliphatic rings. The van der Waals surface area contributed by atoms with E-state index in [1.807, 2.05) is 0 Å². The number of ether oxygens (including phenoxy) is 4. The average Bonchev–Trinajstić information content (AvgIpc) is 2.33. The van der Waals surface area contributed by atoms with Crippen LogP contribution in [0.2, 0.25) is 0 Å². The van der Waals surface area contributed by atoms with E-state index in [4.69, 9.17) is 19.3 Å². The maximum absolute atomic E-state index is 11.5. The van der Waals surface area contributed by atoms with Crippen LogP contribution in [0.3, 0.4) is 0 Å². The molecule has 0 saturated carbocycles. The second kappa shape index (κ2) is 10.5. The van der Waals surface area contributed by atoms with Gasteiger partial charge in [-0.05, 0) is 20.8 Å². The minimum atomic E-state index is -1.18. The average molecular weight is 353 g/mol. The zero-order valence-electron chi connectivity index (χ0n) is 11.7. The number of esters is 1. The largest absolute Gasteiger partial charge is 0.508 e. The first kappa shape index (κ1) is 21.1. The van der Waals surface area contributed by atoms with E-state index in [0.717, 1.165) is 0 Å². The van der Waals surface area contributed by atoms with Crippen molar-refractivity contribution in [3.05, 3.63) is 0 Å². The Morgan fingerprint density at radius 2 is 1.89 bits per heavy atom. The van der Waals surface area contributed by atoms with Gasteiger partial charge in [-0.2, -0.15) is 0 Å². The van der Waals surface area contributed by atoms with Gasteiger partial charge >= 0.3 is 12.1 Å². The summed E-state index contributed by atoms with van der Waals surface area (Å²) in [6.45, 7) is 4.35. The summed E-state index contributed by atoms with van der Waals surface area (Å²) in [6, 6.07) is 0. The predicted octanol–water partition coefficient (Wildman–Crippen LogP) is 0.486. The predicted molar refractivity (Wildman–Crippen MR) is 61.0 cm³/mol. The van der Waals surface area contributed by atoms with Gasteiger partial charge in [-0.1, -0.05) is 0 Å². The molecule has 0 amide bonds. The van der Waals surface area contributed by atoms with Crippen molar-refractivity contribution in [1.29, 1.82) is 0 Å². The van der Waals surface area contributed by atoms with Crippen molar-refractivity contribution in [3.8, 4) is 0 Å². The third-order valence-electron chi connectivity index (χ3n) is 1.96. The number of carbonyl (C=O) groups excluding carboxylic acids is 2. The van der Waals surface area contributed by atoms with Crippen LogP contribution in [0.5, 0.6) is 0 Å². The molecule has 0 aliphatic heterocycles. The molecule has 1 unspecified atom stereocenters. The number of hydrogen-bond donors (Lipinski definition) is 1. The fourth-order valence-corrected chi connectivity index (χ4v) is 0.943. The van der Waals surface area contributed by atoms with Gasteiger partial charge < -0.3 is 24.1 Å². The van der Waals surface area contributed by atoms with Crippen LogP contribution in [0.25, 0.3) is 0 Å². The molecule has 1 atom stereocenters. The van der Waals surface area contributed by atoms with Crippen LogP contribution in [0.15, 0.2) is 0 Å². The Hall–Kier alpha value is -0.236. The molecule has 7 nitrogen and oxygen atoms in total. The molecule has 109 valence electrons. The van der Waals surface area contributed by atoms with Gasteiger partial charge in [0.15, 0.2) is 5.60 Å². The third kappa shape index (κ3) is 9.32. The van der Waals surface area contributed by atoms with Gasteiger partial charge in [-0.25, -0.2) is 9.59 Å². The van der Waals surface area contributed by atoms with Crippen LogP contribution in [-0.2, 0) is 56.5 Å². The van der Waals surface area contributed by atoms with Crippen molar-refractivity contribution >= 4 is 12.1 Å². The molecule has 0 aromatic carbocycles. The molecule has 0 aliphatic carbocycles. The summed E-state index contributed by atoms with van der Waals surface area (Å²) in [4.78, 5) is 22.3. The molecule has 0 aromatic heterocycles. The van der Waals surface area contributed by atoms with E-state index in [1.165, 1.54) is 21.0 Å². The normalized spacial score (nSPS) is 12.1. The monoisotopic (exact) mass is 353 g/mol.